The Labute approximate surface area is 136 Å². The van der Waals surface area contributed by atoms with Crippen LogP contribution in [0.1, 0.15) is 45.5 Å². The molecule has 3 heteroatoms. The van der Waals surface area contributed by atoms with Gasteiger partial charge in [0.2, 0.25) is 0 Å². The van der Waals surface area contributed by atoms with Gasteiger partial charge in [0, 0.05) is 0 Å². The molecule has 0 atom stereocenters. The fourth-order valence-corrected chi connectivity index (χ4v) is 3.13. The molecule has 3 nitrogen and oxygen atoms in total. The molecule has 0 aromatic heterocycles. The zero-order valence-corrected chi connectivity index (χ0v) is 13.4. The van der Waals surface area contributed by atoms with Gasteiger partial charge in [-0.1, -0.05) is 24.3 Å². The maximum Gasteiger partial charge on any atom is 0.337 e. The molecular formula is C20H20O3. The van der Waals surface area contributed by atoms with Gasteiger partial charge in [-0.3, -0.25) is 0 Å². The van der Waals surface area contributed by atoms with Gasteiger partial charge in [-0.05, 0) is 72.2 Å². The number of phenols is 1. The lowest BCUT2D eigenvalue weighted by atomic mass is 9.90. The molecule has 2 aromatic carbocycles. The van der Waals surface area contributed by atoms with Crippen molar-refractivity contribution in [1.29, 1.82) is 0 Å². The van der Waals surface area contributed by atoms with E-state index in [1.54, 1.807) is 6.07 Å². The Bertz CT molecular complexity index is 787. The van der Waals surface area contributed by atoms with Crippen molar-refractivity contribution in [3.05, 3.63) is 70.3 Å². The molecule has 0 saturated carbocycles. The first-order valence-corrected chi connectivity index (χ1v) is 7.82. The van der Waals surface area contributed by atoms with E-state index in [1.165, 1.54) is 7.11 Å². The molecule has 118 valence electrons. The molecule has 1 N–H and O–H groups in total. The minimum absolute atomic E-state index is 0.306. The number of carbonyl (C=O) groups excluding carboxylic acids is 1. The van der Waals surface area contributed by atoms with Crippen molar-refractivity contribution in [3.63, 3.8) is 0 Å². The van der Waals surface area contributed by atoms with Crippen LogP contribution in [0.5, 0.6) is 5.75 Å². The average Bonchev–Trinajstić information content (AvgIpc) is 2.78. The number of ether oxygens (including phenoxy) is 1. The number of hydrogen-bond donors (Lipinski definition) is 1. The summed E-state index contributed by atoms with van der Waals surface area (Å²) >= 11 is 0. The Morgan fingerprint density at radius 3 is 2.78 bits per heavy atom. The lowest BCUT2D eigenvalue weighted by molar-refractivity contribution is 0.0600. The summed E-state index contributed by atoms with van der Waals surface area (Å²) in [4.78, 5) is 11.8. The molecule has 2 aromatic rings. The number of methoxy groups -OCH3 is 1. The Morgan fingerprint density at radius 2 is 2.00 bits per heavy atom. The predicted molar refractivity (Wildman–Crippen MR) is 90.6 cm³/mol. The topological polar surface area (TPSA) is 46.5 Å². The molecule has 0 radical (unpaired) electrons. The Morgan fingerprint density at radius 1 is 1.17 bits per heavy atom. The van der Waals surface area contributed by atoms with Crippen LogP contribution in [0.25, 0.3) is 5.57 Å². The Balaban J connectivity index is 2.13. The third-order valence-corrected chi connectivity index (χ3v) is 4.41. The number of benzene rings is 2. The van der Waals surface area contributed by atoms with Crippen molar-refractivity contribution < 1.29 is 14.6 Å². The van der Waals surface area contributed by atoms with E-state index in [0.717, 1.165) is 47.1 Å². The molecule has 23 heavy (non-hydrogen) atoms. The van der Waals surface area contributed by atoms with E-state index in [4.69, 9.17) is 4.74 Å². The van der Waals surface area contributed by atoms with Gasteiger partial charge in [-0.25, -0.2) is 4.79 Å². The SMILES string of the molecule is COC(=O)c1ccc2c(c1)CCCC=C2c1cccc(O)c1C. The molecule has 3 rings (SSSR count). The molecule has 0 spiro atoms. The van der Waals surface area contributed by atoms with E-state index in [0.29, 0.717) is 11.3 Å². The summed E-state index contributed by atoms with van der Waals surface area (Å²) in [6, 6.07) is 11.3. The molecule has 1 aliphatic rings. The van der Waals surface area contributed by atoms with Crippen LogP contribution in [0.2, 0.25) is 0 Å². The zero-order chi connectivity index (χ0) is 16.4. The van der Waals surface area contributed by atoms with Gasteiger partial charge in [0.25, 0.3) is 0 Å². The van der Waals surface area contributed by atoms with Crippen LogP contribution < -0.4 is 0 Å². The predicted octanol–water partition coefficient (Wildman–Crippen LogP) is 4.26. The molecule has 0 unspecified atom stereocenters. The fraction of sp³-hybridized carbons (Fsp3) is 0.250. The van der Waals surface area contributed by atoms with E-state index >= 15 is 0 Å². The fourth-order valence-electron chi connectivity index (χ4n) is 3.13. The smallest absolute Gasteiger partial charge is 0.337 e. The van der Waals surface area contributed by atoms with E-state index in [1.807, 2.05) is 37.3 Å². The van der Waals surface area contributed by atoms with Crippen LogP contribution in [0.4, 0.5) is 0 Å². The molecule has 0 aliphatic heterocycles. The highest BCUT2D eigenvalue weighted by atomic mass is 16.5. The van der Waals surface area contributed by atoms with E-state index in [2.05, 4.69) is 6.08 Å². The van der Waals surface area contributed by atoms with Gasteiger partial charge >= 0.3 is 5.97 Å². The van der Waals surface area contributed by atoms with Crippen LogP contribution in [-0.2, 0) is 11.2 Å². The number of aromatic hydroxyl groups is 1. The number of esters is 1. The highest BCUT2D eigenvalue weighted by molar-refractivity contribution is 5.91. The lowest BCUT2D eigenvalue weighted by Gasteiger charge is -2.15. The van der Waals surface area contributed by atoms with Gasteiger partial charge in [-0.15, -0.1) is 0 Å². The summed E-state index contributed by atoms with van der Waals surface area (Å²) in [5, 5.41) is 10.0. The van der Waals surface area contributed by atoms with Crippen LogP contribution in [0.3, 0.4) is 0 Å². The third kappa shape index (κ3) is 2.87. The van der Waals surface area contributed by atoms with Crippen molar-refractivity contribution >= 4 is 11.5 Å². The first kappa shape index (κ1) is 15.3. The molecular weight excluding hydrogens is 288 g/mol. The van der Waals surface area contributed by atoms with Crippen molar-refractivity contribution in [1.82, 2.24) is 0 Å². The second-order valence-corrected chi connectivity index (χ2v) is 5.82. The average molecular weight is 308 g/mol. The summed E-state index contributed by atoms with van der Waals surface area (Å²) in [5.41, 5.74) is 5.91. The van der Waals surface area contributed by atoms with Gasteiger partial charge < -0.3 is 9.84 Å². The first-order chi connectivity index (χ1) is 11.1. The van der Waals surface area contributed by atoms with Crippen LogP contribution in [0.15, 0.2) is 42.5 Å². The Kier molecular flexibility index (Phi) is 4.20. The molecule has 0 fully saturated rings. The number of carbonyl (C=O) groups is 1. The molecule has 0 saturated heterocycles. The van der Waals surface area contributed by atoms with Gasteiger partial charge in [0.1, 0.15) is 5.75 Å². The summed E-state index contributed by atoms with van der Waals surface area (Å²) in [6.45, 7) is 1.93. The van der Waals surface area contributed by atoms with E-state index < -0.39 is 0 Å². The summed E-state index contributed by atoms with van der Waals surface area (Å²) in [7, 11) is 1.40. The molecule has 1 aliphatic carbocycles. The van der Waals surface area contributed by atoms with Crippen LogP contribution >= 0.6 is 0 Å². The highest BCUT2D eigenvalue weighted by Gasteiger charge is 2.17. The van der Waals surface area contributed by atoms with E-state index in [9.17, 15) is 9.90 Å². The van der Waals surface area contributed by atoms with Crippen LogP contribution in [-0.4, -0.2) is 18.2 Å². The maximum atomic E-state index is 11.8. The van der Waals surface area contributed by atoms with Crippen molar-refractivity contribution in [3.8, 4) is 5.75 Å². The second-order valence-electron chi connectivity index (χ2n) is 5.82. The minimum Gasteiger partial charge on any atom is -0.508 e. The van der Waals surface area contributed by atoms with Gasteiger partial charge in [0.05, 0.1) is 12.7 Å². The maximum absolute atomic E-state index is 11.8. The quantitative estimate of drug-likeness (QED) is 0.843. The molecule has 0 amide bonds. The number of hydrogen-bond acceptors (Lipinski definition) is 3. The Hall–Kier alpha value is -2.55. The standard InChI is InChI=1S/C20H20O3/c1-13-16(8-5-9-19(13)21)18-7-4-3-6-14-12-15(20(22)23-2)10-11-17(14)18/h5,7-12,21H,3-4,6H2,1-2H3. The summed E-state index contributed by atoms with van der Waals surface area (Å²) in [5.74, 6) is -0.00325. The van der Waals surface area contributed by atoms with Crippen LogP contribution in [0, 0.1) is 6.92 Å². The number of fused-ring (bicyclic) bond motifs is 1. The highest BCUT2D eigenvalue weighted by Crippen LogP contribution is 2.35. The largest absolute Gasteiger partial charge is 0.508 e. The molecule has 0 bridgehead atoms. The van der Waals surface area contributed by atoms with Crippen molar-refractivity contribution in [2.24, 2.45) is 0 Å². The van der Waals surface area contributed by atoms with Gasteiger partial charge in [0.15, 0.2) is 0 Å². The number of phenolic OH excluding ortho intramolecular Hbond substituents is 1. The third-order valence-electron chi connectivity index (χ3n) is 4.41. The minimum atomic E-state index is -0.309. The summed E-state index contributed by atoms with van der Waals surface area (Å²) in [6.07, 6.45) is 5.18. The summed E-state index contributed by atoms with van der Waals surface area (Å²) < 4.78 is 4.82. The number of rotatable bonds is 2. The normalized spacial score (nSPS) is 13.7. The van der Waals surface area contributed by atoms with Gasteiger partial charge in [-0.2, -0.15) is 0 Å². The zero-order valence-electron chi connectivity index (χ0n) is 13.4. The second kappa shape index (κ2) is 6.29. The monoisotopic (exact) mass is 308 g/mol. The first-order valence-electron chi connectivity index (χ1n) is 7.82. The van der Waals surface area contributed by atoms with Crippen molar-refractivity contribution in [2.75, 3.05) is 7.11 Å². The number of allylic oxidation sites excluding steroid dienone is 1. The van der Waals surface area contributed by atoms with E-state index in [-0.39, 0.29) is 5.97 Å². The lowest BCUT2D eigenvalue weighted by Crippen LogP contribution is -2.04. The number of aryl methyl sites for hydroxylation is 1. The molecule has 0 heterocycles. The van der Waals surface area contributed by atoms with Crippen molar-refractivity contribution in [2.45, 2.75) is 26.2 Å².